The van der Waals surface area contributed by atoms with E-state index in [1.165, 1.54) is 5.56 Å². The van der Waals surface area contributed by atoms with Gasteiger partial charge in [0.05, 0.1) is 12.1 Å². The van der Waals surface area contributed by atoms with E-state index in [2.05, 4.69) is 32.9 Å². The first-order valence-electron chi connectivity index (χ1n) is 5.36. The third kappa shape index (κ3) is 3.05. The second-order valence-electron chi connectivity index (χ2n) is 5.14. The molecule has 0 saturated carbocycles. The van der Waals surface area contributed by atoms with Crippen molar-refractivity contribution in [2.24, 2.45) is 5.73 Å². The fraction of sp³-hybridized carbons (Fsp3) is 0.538. The van der Waals surface area contributed by atoms with E-state index < -0.39 is 6.10 Å². The molecule has 15 heavy (non-hydrogen) atoms. The summed E-state index contributed by atoms with van der Waals surface area (Å²) >= 11 is 0. The molecule has 2 atom stereocenters. The standard InChI is InChI=1S/C13H21NO/c1-9(15)12(14)10-5-7-11(8-6-10)13(2,3)4/h5-9,12,15H,14H2,1-4H3/t9-,12-/m1/s1. The molecule has 1 rings (SSSR count). The van der Waals surface area contributed by atoms with Crippen LogP contribution in [0.1, 0.15) is 44.9 Å². The topological polar surface area (TPSA) is 46.2 Å². The van der Waals surface area contributed by atoms with E-state index in [0.29, 0.717) is 0 Å². The summed E-state index contributed by atoms with van der Waals surface area (Å²) < 4.78 is 0. The van der Waals surface area contributed by atoms with Gasteiger partial charge in [-0.15, -0.1) is 0 Å². The van der Waals surface area contributed by atoms with Gasteiger partial charge < -0.3 is 10.8 Å². The normalized spacial score (nSPS) is 16.1. The second-order valence-corrected chi connectivity index (χ2v) is 5.14. The Morgan fingerprint density at radius 2 is 1.60 bits per heavy atom. The number of benzene rings is 1. The minimum absolute atomic E-state index is 0.160. The molecule has 0 radical (unpaired) electrons. The Kier molecular flexibility index (Phi) is 3.53. The Morgan fingerprint density at radius 3 is 1.93 bits per heavy atom. The molecule has 3 N–H and O–H groups in total. The van der Waals surface area contributed by atoms with E-state index in [0.717, 1.165) is 5.56 Å². The lowest BCUT2D eigenvalue weighted by atomic mass is 9.86. The van der Waals surface area contributed by atoms with Crippen molar-refractivity contribution in [1.29, 1.82) is 0 Å². The fourth-order valence-corrected chi connectivity index (χ4v) is 1.48. The van der Waals surface area contributed by atoms with Crippen LogP contribution in [0.15, 0.2) is 24.3 Å². The van der Waals surface area contributed by atoms with Gasteiger partial charge in [-0.3, -0.25) is 0 Å². The molecular weight excluding hydrogens is 186 g/mol. The van der Waals surface area contributed by atoms with E-state index >= 15 is 0 Å². The molecule has 0 heterocycles. The molecule has 2 nitrogen and oxygen atoms in total. The predicted octanol–water partition coefficient (Wildman–Crippen LogP) is 2.36. The summed E-state index contributed by atoms with van der Waals surface area (Å²) in [5, 5.41) is 9.38. The molecule has 0 unspecified atom stereocenters. The zero-order valence-corrected chi connectivity index (χ0v) is 9.99. The molecule has 84 valence electrons. The minimum atomic E-state index is -0.509. The van der Waals surface area contributed by atoms with Crippen molar-refractivity contribution in [3.63, 3.8) is 0 Å². The number of aliphatic hydroxyl groups excluding tert-OH is 1. The van der Waals surface area contributed by atoms with Crippen LogP contribution in [0, 0.1) is 0 Å². The van der Waals surface area contributed by atoms with Crippen LogP contribution in [0.2, 0.25) is 0 Å². The van der Waals surface area contributed by atoms with Gasteiger partial charge in [-0.25, -0.2) is 0 Å². The number of hydrogen-bond acceptors (Lipinski definition) is 2. The van der Waals surface area contributed by atoms with Crippen LogP contribution >= 0.6 is 0 Å². The van der Waals surface area contributed by atoms with Gasteiger partial charge in [0.1, 0.15) is 0 Å². The Morgan fingerprint density at radius 1 is 1.13 bits per heavy atom. The largest absolute Gasteiger partial charge is 0.391 e. The van der Waals surface area contributed by atoms with Crippen LogP contribution < -0.4 is 5.73 Å². The highest BCUT2D eigenvalue weighted by molar-refractivity contribution is 5.29. The third-order valence-corrected chi connectivity index (χ3v) is 2.68. The van der Waals surface area contributed by atoms with Gasteiger partial charge in [-0.05, 0) is 23.5 Å². The average Bonchev–Trinajstić information content (AvgIpc) is 2.15. The quantitative estimate of drug-likeness (QED) is 0.782. The fourth-order valence-electron chi connectivity index (χ4n) is 1.48. The van der Waals surface area contributed by atoms with Crippen molar-refractivity contribution in [1.82, 2.24) is 0 Å². The van der Waals surface area contributed by atoms with Crippen LogP contribution in [0.25, 0.3) is 0 Å². The van der Waals surface area contributed by atoms with E-state index in [4.69, 9.17) is 5.73 Å². The maximum Gasteiger partial charge on any atom is 0.0704 e. The Bertz CT molecular complexity index is 308. The summed E-state index contributed by atoms with van der Waals surface area (Å²) in [5.74, 6) is 0. The van der Waals surface area contributed by atoms with Crippen molar-refractivity contribution in [3.05, 3.63) is 35.4 Å². The molecule has 0 aliphatic rings. The zero-order valence-electron chi connectivity index (χ0n) is 9.99. The zero-order chi connectivity index (χ0) is 11.6. The molecule has 0 fully saturated rings. The summed E-state index contributed by atoms with van der Waals surface area (Å²) in [6.07, 6.45) is -0.509. The van der Waals surface area contributed by atoms with Gasteiger partial charge in [0, 0.05) is 0 Å². The maximum absolute atomic E-state index is 9.38. The highest BCUT2D eigenvalue weighted by Gasteiger charge is 2.15. The molecule has 2 heteroatoms. The van der Waals surface area contributed by atoms with Gasteiger partial charge in [0.15, 0.2) is 0 Å². The summed E-state index contributed by atoms with van der Waals surface area (Å²) in [4.78, 5) is 0. The smallest absolute Gasteiger partial charge is 0.0704 e. The van der Waals surface area contributed by atoms with Crippen LogP contribution in [-0.4, -0.2) is 11.2 Å². The van der Waals surface area contributed by atoms with Crippen molar-refractivity contribution in [2.45, 2.75) is 45.3 Å². The van der Waals surface area contributed by atoms with Crippen molar-refractivity contribution < 1.29 is 5.11 Å². The summed E-state index contributed by atoms with van der Waals surface area (Å²) in [7, 11) is 0. The van der Waals surface area contributed by atoms with E-state index in [-0.39, 0.29) is 11.5 Å². The van der Waals surface area contributed by atoms with Crippen LogP contribution in [0.3, 0.4) is 0 Å². The van der Waals surface area contributed by atoms with Gasteiger partial charge >= 0.3 is 0 Å². The molecule has 0 amide bonds. The number of nitrogens with two attached hydrogens (primary N) is 1. The maximum atomic E-state index is 9.38. The third-order valence-electron chi connectivity index (χ3n) is 2.68. The monoisotopic (exact) mass is 207 g/mol. The molecule has 0 spiro atoms. The van der Waals surface area contributed by atoms with E-state index in [1.54, 1.807) is 6.92 Å². The summed E-state index contributed by atoms with van der Waals surface area (Å²) in [6.45, 7) is 8.24. The van der Waals surface area contributed by atoms with Crippen molar-refractivity contribution in [2.75, 3.05) is 0 Å². The summed E-state index contributed by atoms with van der Waals surface area (Å²) in [5.41, 5.74) is 8.27. The second kappa shape index (κ2) is 4.33. The number of aliphatic hydroxyl groups is 1. The molecule has 0 aromatic heterocycles. The molecule has 0 aliphatic heterocycles. The lowest BCUT2D eigenvalue weighted by Crippen LogP contribution is -2.23. The van der Waals surface area contributed by atoms with Gasteiger partial charge in [-0.2, -0.15) is 0 Å². The Hall–Kier alpha value is -0.860. The SMILES string of the molecule is C[C@@H](O)[C@@H](N)c1ccc(C(C)(C)C)cc1. The van der Waals surface area contributed by atoms with Gasteiger partial charge in [-0.1, -0.05) is 45.0 Å². The van der Waals surface area contributed by atoms with Crippen LogP contribution in [-0.2, 0) is 5.41 Å². The molecule has 0 aliphatic carbocycles. The molecule has 1 aromatic carbocycles. The first kappa shape index (κ1) is 12.2. The minimum Gasteiger partial charge on any atom is -0.391 e. The van der Waals surface area contributed by atoms with E-state index in [9.17, 15) is 5.11 Å². The van der Waals surface area contributed by atoms with Crippen LogP contribution in [0.5, 0.6) is 0 Å². The first-order valence-corrected chi connectivity index (χ1v) is 5.36. The average molecular weight is 207 g/mol. The number of hydrogen-bond donors (Lipinski definition) is 2. The lowest BCUT2D eigenvalue weighted by molar-refractivity contribution is 0.164. The predicted molar refractivity (Wildman–Crippen MR) is 63.8 cm³/mol. The lowest BCUT2D eigenvalue weighted by Gasteiger charge is -2.21. The first-order chi connectivity index (χ1) is 6.82. The van der Waals surface area contributed by atoms with Crippen LogP contribution in [0.4, 0.5) is 0 Å². The molecule has 1 aromatic rings. The Labute approximate surface area is 92.1 Å². The molecule has 0 saturated heterocycles. The van der Waals surface area contributed by atoms with Crippen molar-refractivity contribution >= 4 is 0 Å². The molecular formula is C13H21NO. The highest BCUT2D eigenvalue weighted by atomic mass is 16.3. The number of rotatable bonds is 2. The van der Waals surface area contributed by atoms with Gasteiger partial charge in [0.25, 0.3) is 0 Å². The summed E-state index contributed by atoms with van der Waals surface area (Å²) in [6, 6.07) is 7.87. The van der Waals surface area contributed by atoms with Crippen molar-refractivity contribution in [3.8, 4) is 0 Å². The van der Waals surface area contributed by atoms with Gasteiger partial charge in [0.2, 0.25) is 0 Å². The van der Waals surface area contributed by atoms with E-state index in [1.807, 2.05) is 12.1 Å². The Balaban J connectivity index is 2.91. The molecule has 0 bridgehead atoms. The highest BCUT2D eigenvalue weighted by Crippen LogP contribution is 2.24.